The van der Waals surface area contributed by atoms with Crippen molar-refractivity contribution < 1.29 is 17.9 Å². The Hall–Kier alpha value is -1.30. The molecule has 9 nitrogen and oxygen atoms in total. The smallest absolute Gasteiger partial charge is 0.328 e. The molecule has 0 bridgehead atoms. The lowest BCUT2D eigenvalue weighted by Gasteiger charge is -2.17. The Labute approximate surface area is 120 Å². The number of hydrogen-bond donors (Lipinski definition) is 0. The number of likely N-dealkylation sites (N-methyl/N-ethyl adjacent to an activating group) is 1. The maximum Gasteiger partial charge on any atom is 0.328 e. The summed E-state index contributed by atoms with van der Waals surface area (Å²) in [6.07, 6.45) is -0.504. The van der Waals surface area contributed by atoms with E-state index in [-0.39, 0.29) is 15.5 Å². The van der Waals surface area contributed by atoms with Crippen LogP contribution in [-0.2, 0) is 14.8 Å². The first-order valence-corrected chi connectivity index (χ1v) is 7.88. The van der Waals surface area contributed by atoms with Gasteiger partial charge < -0.3 is 9.64 Å². The van der Waals surface area contributed by atoms with Crippen molar-refractivity contribution in [3.63, 3.8) is 0 Å². The fraction of sp³-hybridized carbons (Fsp3) is 0.667. The van der Waals surface area contributed by atoms with E-state index in [0.717, 1.165) is 15.6 Å². The third-order valence-electron chi connectivity index (χ3n) is 2.83. The summed E-state index contributed by atoms with van der Waals surface area (Å²) < 4.78 is 30.0. The van der Waals surface area contributed by atoms with Crippen molar-refractivity contribution >= 4 is 32.5 Å². The number of carbonyl (C=O) groups is 1. The molecule has 2 heterocycles. The molecule has 1 aromatic rings. The third-order valence-corrected chi connectivity index (χ3v) is 5.91. The largest absolute Gasteiger partial charge is 0.359 e. The predicted molar refractivity (Wildman–Crippen MR) is 72.1 cm³/mol. The molecule has 2 rings (SSSR count). The summed E-state index contributed by atoms with van der Waals surface area (Å²) in [5, 5.41) is 7.64. The minimum absolute atomic E-state index is 0.158. The molecule has 0 saturated carbocycles. The standard InChI is InChI=1S/C9H15N5O4S2/c1-12(2)20(16,17)8-11-10-7(19-8)14-6(18-4)5-13(3)9(14)15/h6H,5H2,1-4H3. The molecule has 0 spiro atoms. The van der Waals surface area contributed by atoms with Crippen molar-refractivity contribution in [3.05, 3.63) is 0 Å². The van der Waals surface area contributed by atoms with E-state index in [2.05, 4.69) is 10.2 Å². The van der Waals surface area contributed by atoms with Gasteiger partial charge in [-0.05, 0) is 0 Å². The highest BCUT2D eigenvalue weighted by molar-refractivity contribution is 7.91. The summed E-state index contributed by atoms with van der Waals surface area (Å²) in [6.45, 7) is 0.380. The van der Waals surface area contributed by atoms with E-state index in [1.165, 1.54) is 31.0 Å². The fourth-order valence-electron chi connectivity index (χ4n) is 1.65. The number of methoxy groups -OCH3 is 1. The summed E-state index contributed by atoms with van der Waals surface area (Å²) in [7, 11) is 2.26. The van der Waals surface area contributed by atoms with Gasteiger partial charge >= 0.3 is 6.03 Å². The van der Waals surface area contributed by atoms with Crippen molar-refractivity contribution in [2.45, 2.75) is 10.6 Å². The van der Waals surface area contributed by atoms with Crippen LogP contribution in [0.4, 0.5) is 9.93 Å². The van der Waals surface area contributed by atoms with Crippen molar-refractivity contribution in [1.29, 1.82) is 0 Å². The van der Waals surface area contributed by atoms with Gasteiger partial charge in [-0.1, -0.05) is 11.3 Å². The Kier molecular flexibility index (Phi) is 3.95. The van der Waals surface area contributed by atoms with Gasteiger partial charge in [-0.3, -0.25) is 0 Å². The number of urea groups is 1. The topological polar surface area (TPSA) is 95.9 Å². The van der Waals surface area contributed by atoms with Gasteiger partial charge in [0.05, 0.1) is 6.54 Å². The number of aromatic nitrogens is 2. The van der Waals surface area contributed by atoms with Gasteiger partial charge in [0.25, 0.3) is 10.0 Å². The summed E-state index contributed by atoms with van der Waals surface area (Å²) in [5.41, 5.74) is 0. The van der Waals surface area contributed by atoms with Gasteiger partial charge in [-0.25, -0.2) is 22.4 Å². The number of rotatable bonds is 4. The van der Waals surface area contributed by atoms with Crippen LogP contribution in [0.15, 0.2) is 4.34 Å². The first-order chi connectivity index (χ1) is 9.28. The molecule has 0 aliphatic carbocycles. The van der Waals surface area contributed by atoms with E-state index in [1.54, 1.807) is 7.05 Å². The second-order valence-corrected chi connectivity index (χ2v) is 7.64. The molecule has 0 aromatic carbocycles. The molecule has 1 fully saturated rings. The minimum atomic E-state index is -3.65. The monoisotopic (exact) mass is 321 g/mol. The highest BCUT2D eigenvalue weighted by Gasteiger charge is 2.39. The molecular weight excluding hydrogens is 306 g/mol. The summed E-state index contributed by atoms with van der Waals surface area (Å²) in [6, 6.07) is -0.304. The van der Waals surface area contributed by atoms with Gasteiger partial charge in [0.2, 0.25) is 9.47 Å². The molecule has 1 aliphatic heterocycles. The molecule has 2 amide bonds. The molecule has 1 atom stereocenters. The first-order valence-electron chi connectivity index (χ1n) is 5.62. The van der Waals surface area contributed by atoms with E-state index >= 15 is 0 Å². The van der Waals surface area contributed by atoms with Gasteiger partial charge in [0, 0.05) is 28.3 Å². The molecule has 0 N–H and O–H groups in total. The van der Waals surface area contributed by atoms with Crippen molar-refractivity contribution in [3.8, 4) is 0 Å². The minimum Gasteiger partial charge on any atom is -0.359 e. The van der Waals surface area contributed by atoms with Crippen LogP contribution < -0.4 is 4.90 Å². The van der Waals surface area contributed by atoms with Crippen LogP contribution in [-0.4, -0.2) is 74.9 Å². The highest BCUT2D eigenvalue weighted by Crippen LogP contribution is 2.30. The van der Waals surface area contributed by atoms with E-state index in [0.29, 0.717) is 6.54 Å². The van der Waals surface area contributed by atoms with Gasteiger partial charge in [-0.15, -0.1) is 10.2 Å². The van der Waals surface area contributed by atoms with Crippen molar-refractivity contribution in [1.82, 2.24) is 19.4 Å². The highest BCUT2D eigenvalue weighted by atomic mass is 32.2. The number of nitrogens with zero attached hydrogens (tertiary/aromatic N) is 5. The zero-order chi connectivity index (χ0) is 15.1. The lowest BCUT2D eigenvalue weighted by Crippen LogP contribution is -2.35. The van der Waals surface area contributed by atoms with Crippen LogP contribution in [0.1, 0.15) is 0 Å². The van der Waals surface area contributed by atoms with Crippen LogP contribution in [0.25, 0.3) is 0 Å². The van der Waals surface area contributed by atoms with E-state index in [1.807, 2.05) is 0 Å². The Morgan fingerprint density at radius 3 is 2.60 bits per heavy atom. The summed E-state index contributed by atoms with van der Waals surface area (Å²) in [5.74, 6) is 0. The molecule has 1 aromatic heterocycles. The average Bonchev–Trinajstić information content (AvgIpc) is 2.96. The molecule has 1 saturated heterocycles. The predicted octanol–water partition coefficient (Wildman–Crippen LogP) is -0.367. The number of carbonyl (C=O) groups excluding carboxylic acids is 1. The molecule has 1 unspecified atom stereocenters. The van der Waals surface area contributed by atoms with Gasteiger partial charge in [0.15, 0.2) is 6.23 Å². The maximum atomic E-state index is 12.0. The molecule has 11 heteroatoms. The Balaban J connectivity index is 2.36. The second kappa shape index (κ2) is 5.24. The van der Waals surface area contributed by atoms with Crippen LogP contribution >= 0.6 is 11.3 Å². The SMILES string of the molecule is COC1CN(C)C(=O)N1c1nnc(S(=O)(=O)N(C)C)s1. The first kappa shape index (κ1) is 15.1. The molecule has 20 heavy (non-hydrogen) atoms. The van der Waals surface area contributed by atoms with E-state index in [4.69, 9.17) is 4.74 Å². The Morgan fingerprint density at radius 1 is 1.40 bits per heavy atom. The average molecular weight is 321 g/mol. The summed E-state index contributed by atoms with van der Waals surface area (Å²) in [4.78, 5) is 14.8. The second-order valence-electron chi connectivity index (χ2n) is 4.36. The normalized spacial score (nSPS) is 20.2. The van der Waals surface area contributed by atoms with E-state index in [9.17, 15) is 13.2 Å². The number of anilines is 1. The lowest BCUT2D eigenvalue weighted by atomic mass is 10.5. The van der Waals surface area contributed by atoms with Crippen LogP contribution in [0, 0.1) is 0 Å². The summed E-state index contributed by atoms with van der Waals surface area (Å²) >= 11 is 0.837. The molecule has 112 valence electrons. The third kappa shape index (κ3) is 2.37. The van der Waals surface area contributed by atoms with Crippen molar-refractivity contribution in [2.24, 2.45) is 0 Å². The van der Waals surface area contributed by atoms with Crippen LogP contribution in [0.3, 0.4) is 0 Å². The maximum absolute atomic E-state index is 12.0. The number of ether oxygens (including phenoxy) is 1. The fourth-order valence-corrected chi connectivity index (χ4v) is 3.81. The van der Waals surface area contributed by atoms with Gasteiger partial charge in [-0.2, -0.15) is 0 Å². The number of hydrogen-bond acceptors (Lipinski definition) is 7. The lowest BCUT2D eigenvalue weighted by molar-refractivity contribution is 0.112. The zero-order valence-corrected chi connectivity index (χ0v) is 13.1. The molecular formula is C9H15N5O4S2. The quantitative estimate of drug-likeness (QED) is 0.702. The zero-order valence-electron chi connectivity index (χ0n) is 11.5. The van der Waals surface area contributed by atoms with E-state index < -0.39 is 16.3 Å². The number of amides is 2. The van der Waals surface area contributed by atoms with Gasteiger partial charge in [0.1, 0.15) is 0 Å². The van der Waals surface area contributed by atoms with Crippen LogP contribution in [0.2, 0.25) is 0 Å². The Morgan fingerprint density at radius 2 is 2.05 bits per heavy atom. The van der Waals surface area contributed by atoms with Crippen molar-refractivity contribution in [2.75, 3.05) is 39.7 Å². The van der Waals surface area contributed by atoms with Crippen LogP contribution in [0.5, 0.6) is 0 Å². The molecule has 1 aliphatic rings. The number of sulfonamides is 1. The Bertz CT molecular complexity index is 614. The molecule has 0 radical (unpaired) electrons.